The van der Waals surface area contributed by atoms with Crippen LogP contribution in [0.3, 0.4) is 0 Å². The maximum absolute atomic E-state index is 12.2. The Hall–Kier alpha value is -1.25. The Morgan fingerprint density at radius 2 is 1.80 bits per heavy atom. The molecule has 0 aliphatic heterocycles. The molecule has 0 aliphatic carbocycles. The zero-order valence-corrected chi connectivity index (χ0v) is 17.0. The molecule has 0 amide bonds. The molecule has 132 valence electrons. The number of nitrogens with zero attached hydrogens (tertiary/aromatic N) is 1. The molecule has 0 radical (unpaired) electrons. The summed E-state index contributed by atoms with van der Waals surface area (Å²) in [6.07, 6.45) is 0.605. The van der Waals surface area contributed by atoms with Gasteiger partial charge in [-0.05, 0) is 32.4 Å². The van der Waals surface area contributed by atoms with Crippen LogP contribution in [0.25, 0.3) is 10.6 Å². The number of aromatic nitrogens is 1. The molecule has 0 saturated heterocycles. The second-order valence-corrected chi connectivity index (χ2v) is 10.4. The summed E-state index contributed by atoms with van der Waals surface area (Å²) in [6.45, 7) is 4.33. The number of benzene rings is 1. The molecule has 3 aromatic rings. The van der Waals surface area contributed by atoms with Crippen LogP contribution in [0.1, 0.15) is 16.1 Å². The van der Waals surface area contributed by atoms with E-state index in [0.717, 1.165) is 32.5 Å². The summed E-state index contributed by atoms with van der Waals surface area (Å²) in [5, 5.41) is 0.959. The smallest absolute Gasteiger partial charge is 0.241 e. The molecule has 0 saturated carbocycles. The first-order valence-corrected chi connectivity index (χ1v) is 11.1. The van der Waals surface area contributed by atoms with E-state index in [2.05, 4.69) is 40.9 Å². The Morgan fingerprint density at radius 3 is 2.44 bits per heavy atom. The SMILES string of the molecule is Cc1ccc(-c2nc(C)c(CCNS(=O)(=O)c3ccc(Cl)s3)s2)cc1. The monoisotopic (exact) mass is 412 g/mol. The van der Waals surface area contributed by atoms with Gasteiger partial charge in [-0.2, -0.15) is 0 Å². The molecule has 1 aromatic carbocycles. The van der Waals surface area contributed by atoms with Crippen LogP contribution in [0.4, 0.5) is 0 Å². The van der Waals surface area contributed by atoms with Gasteiger partial charge in [0, 0.05) is 17.0 Å². The Labute approximate surface area is 160 Å². The number of thiophene rings is 1. The Morgan fingerprint density at radius 1 is 1.08 bits per heavy atom. The molecule has 1 N–H and O–H groups in total. The number of halogens is 1. The van der Waals surface area contributed by atoms with Crippen LogP contribution in [0.5, 0.6) is 0 Å². The number of nitrogens with one attached hydrogen (secondary N) is 1. The summed E-state index contributed by atoms with van der Waals surface area (Å²) >= 11 is 8.46. The number of aryl methyl sites for hydroxylation is 2. The summed E-state index contributed by atoms with van der Waals surface area (Å²) in [7, 11) is -3.50. The first-order chi connectivity index (χ1) is 11.8. The van der Waals surface area contributed by atoms with Crippen molar-refractivity contribution in [3.05, 3.63) is 56.9 Å². The lowest BCUT2D eigenvalue weighted by Crippen LogP contribution is -2.25. The number of hydrogen-bond donors (Lipinski definition) is 1. The summed E-state index contributed by atoms with van der Waals surface area (Å²) in [6, 6.07) is 11.3. The average Bonchev–Trinajstić information content (AvgIpc) is 3.15. The molecular formula is C17H17ClN2O2S3. The number of sulfonamides is 1. The van der Waals surface area contributed by atoms with Gasteiger partial charge in [0.1, 0.15) is 9.22 Å². The minimum atomic E-state index is -3.50. The largest absolute Gasteiger partial charge is 0.250 e. The summed E-state index contributed by atoms with van der Waals surface area (Å²) in [5.41, 5.74) is 3.23. The van der Waals surface area contributed by atoms with Crippen LogP contribution < -0.4 is 4.72 Å². The highest BCUT2D eigenvalue weighted by atomic mass is 35.5. The van der Waals surface area contributed by atoms with Gasteiger partial charge < -0.3 is 0 Å². The lowest BCUT2D eigenvalue weighted by atomic mass is 10.2. The number of thiazole rings is 1. The average molecular weight is 413 g/mol. The molecule has 25 heavy (non-hydrogen) atoms. The Bertz CT molecular complexity index is 976. The zero-order chi connectivity index (χ0) is 18.0. The van der Waals surface area contributed by atoms with Gasteiger partial charge in [0.15, 0.2) is 0 Å². The van der Waals surface area contributed by atoms with Gasteiger partial charge >= 0.3 is 0 Å². The Kier molecular flexibility index (Phi) is 5.60. The van der Waals surface area contributed by atoms with Gasteiger partial charge in [0.2, 0.25) is 10.0 Å². The summed E-state index contributed by atoms with van der Waals surface area (Å²) < 4.78 is 27.7. The molecule has 0 fully saturated rings. The molecular weight excluding hydrogens is 396 g/mol. The third-order valence-corrected chi connectivity index (χ3v) is 8.10. The van der Waals surface area contributed by atoms with Crippen molar-refractivity contribution in [2.45, 2.75) is 24.5 Å². The highest BCUT2D eigenvalue weighted by molar-refractivity contribution is 7.91. The molecule has 0 unspecified atom stereocenters. The molecule has 3 rings (SSSR count). The van der Waals surface area contributed by atoms with Gasteiger partial charge in [-0.15, -0.1) is 22.7 Å². The first-order valence-electron chi connectivity index (χ1n) is 7.63. The first kappa shape index (κ1) is 18.5. The van der Waals surface area contributed by atoms with E-state index in [-0.39, 0.29) is 4.21 Å². The molecule has 0 spiro atoms. The van der Waals surface area contributed by atoms with E-state index >= 15 is 0 Å². The van der Waals surface area contributed by atoms with Crippen molar-refractivity contribution in [3.8, 4) is 10.6 Å². The van der Waals surface area contributed by atoms with E-state index in [9.17, 15) is 8.42 Å². The summed E-state index contributed by atoms with van der Waals surface area (Å²) in [4.78, 5) is 5.70. The van der Waals surface area contributed by atoms with Crippen molar-refractivity contribution in [2.75, 3.05) is 6.54 Å². The molecule has 0 atom stereocenters. The van der Waals surface area contributed by atoms with Gasteiger partial charge in [-0.25, -0.2) is 18.1 Å². The predicted molar refractivity (Wildman–Crippen MR) is 105 cm³/mol. The third kappa shape index (κ3) is 4.48. The predicted octanol–water partition coefficient (Wildman–Crippen LogP) is 4.66. The van der Waals surface area contributed by atoms with Gasteiger partial charge in [0.25, 0.3) is 0 Å². The van der Waals surface area contributed by atoms with Crippen molar-refractivity contribution in [1.29, 1.82) is 0 Å². The topological polar surface area (TPSA) is 59.1 Å². The fourth-order valence-corrected chi connectivity index (χ4v) is 5.92. The van der Waals surface area contributed by atoms with E-state index < -0.39 is 10.0 Å². The van der Waals surface area contributed by atoms with Crippen molar-refractivity contribution < 1.29 is 8.42 Å². The fourth-order valence-electron chi connectivity index (χ4n) is 2.29. The van der Waals surface area contributed by atoms with Crippen LogP contribution in [0, 0.1) is 13.8 Å². The summed E-state index contributed by atoms with van der Waals surface area (Å²) in [5.74, 6) is 0. The minimum Gasteiger partial charge on any atom is -0.241 e. The lowest BCUT2D eigenvalue weighted by molar-refractivity contribution is 0.584. The van der Waals surface area contributed by atoms with Crippen molar-refractivity contribution in [2.24, 2.45) is 0 Å². The van der Waals surface area contributed by atoms with E-state index in [1.165, 1.54) is 11.6 Å². The van der Waals surface area contributed by atoms with Crippen molar-refractivity contribution in [1.82, 2.24) is 9.71 Å². The zero-order valence-electron chi connectivity index (χ0n) is 13.7. The minimum absolute atomic E-state index is 0.235. The van der Waals surface area contributed by atoms with Crippen molar-refractivity contribution >= 4 is 44.3 Å². The van der Waals surface area contributed by atoms with Crippen LogP contribution in [0.2, 0.25) is 4.34 Å². The second kappa shape index (κ2) is 7.55. The molecule has 0 bridgehead atoms. The van der Waals surface area contributed by atoms with Gasteiger partial charge in [-0.1, -0.05) is 41.4 Å². The second-order valence-electron chi connectivity index (χ2n) is 5.60. The maximum Gasteiger partial charge on any atom is 0.250 e. The maximum atomic E-state index is 12.2. The van der Waals surface area contributed by atoms with E-state index in [1.807, 2.05) is 6.92 Å². The molecule has 8 heteroatoms. The molecule has 2 aromatic heterocycles. The van der Waals surface area contributed by atoms with Gasteiger partial charge in [0.05, 0.1) is 10.0 Å². The highest BCUT2D eigenvalue weighted by Gasteiger charge is 2.17. The van der Waals surface area contributed by atoms with E-state index in [0.29, 0.717) is 17.3 Å². The Balaban J connectivity index is 1.67. The van der Waals surface area contributed by atoms with E-state index in [1.54, 1.807) is 17.4 Å². The third-order valence-electron chi connectivity index (χ3n) is 3.65. The van der Waals surface area contributed by atoms with Gasteiger partial charge in [-0.3, -0.25) is 0 Å². The van der Waals surface area contributed by atoms with Crippen LogP contribution in [0.15, 0.2) is 40.6 Å². The van der Waals surface area contributed by atoms with Crippen LogP contribution in [-0.2, 0) is 16.4 Å². The quantitative estimate of drug-likeness (QED) is 0.640. The lowest BCUT2D eigenvalue weighted by Gasteiger charge is -2.03. The molecule has 0 aliphatic rings. The fraction of sp³-hybridized carbons (Fsp3) is 0.235. The normalized spacial score (nSPS) is 11.8. The van der Waals surface area contributed by atoms with Crippen LogP contribution in [-0.4, -0.2) is 19.9 Å². The highest BCUT2D eigenvalue weighted by Crippen LogP contribution is 2.29. The standard InChI is InChI=1S/C17H17ClN2O2S3/c1-11-3-5-13(6-4-11)17-20-12(2)14(23-17)9-10-19-25(21,22)16-8-7-15(18)24-16/h3-8,19H,9-10H2,1-2H3. The van der Waals surface area contributed by atoms with Crippen molar-refractivity contribution in [3.63, 3.8) is 0 Å². The number of rotatable bonds is 6. The number of hydrogen-bond acceptors (Lipinski definition) is 5. The molecule has 4 nitrogen and oxygen atoms in total. The van der Waals surface area contributed by atoms with E-state index in [4.69, 9.17) is 11.6 Å². The molecule has 2 heterocycles. The van der Waals surface area contributed by atoms with Crippen LogP contribution >= 0.6 is 34.3 Å².